The van der Waals surface area contributed by atoms with Crippen molar-refractivity contribution < 1.29 is 9.18 Å². The van der Waals surface area contributed by atoms with Gasteiger partial charge in [0.25, 0.3) is 0 Å². The number of amides is 1. The zero-order valence-electron chi connectivity index (χ0n) is 12.1. The van der Waals surface area contributed by atoms with Crippen LogP contribution >= 0.6 is 11.8 Å². The minimum absolute atomic E-state index is 0.142. The molecule has 1 saturated heterocycles. The predicted molar refractivity (Wildman–Crippen MR) is 81.0 cm³/mol. The fourth-order valence-electron chi connectivity index (χ4n) is 2.64. The van der Waals surface area contributed by atoms with Gasteiger partial charge in [0.1, 0.15) is 12.0 Å². The van der Waals surface area contributed by atoms with Gasteiger partial charge in [-0.25, -0.2) is 4.39 Å². The summed E-state index contributed by atoms with van der Waals surface area (Å²) < 4.78 is 13.1. The number of benzene rings is 1. The Morgan fingerprint density at radius 1 is 1.40 bits per heavy atom. The fourth-order valence-corrected chi connectivity index (χ4v) is 3.28. The van der Waals surface area contributed by atoms with Gasteiger partial charge in [0.15, 0.2) is 0 Å². The van der Waals surface area contributed by atoms with E-state index < -0.39 is 0 Å². The minimum Gasteiger partial charge on any atom is -0.318 e. The maximum atomic E-state index is 13.1. The van der Waals surface area contributed by atoms with E-state index >= 15 is 0 Å². The maximum absolute atomic E-state index is 13.1. The van der Waals surface area contributed by atoms with E-state index in [2.05, 4.69) is 12.2 Å². The summed E-state index contributed by atoms with van der Waals surface area (Å²) in [5.74, 6) is 0.777. The summed E-state index contributed by atoms with van der Waals surface area (Å²) in [4.78, 5) is 14.4. The van der Waals surface area contributed by atoms with Crippen LogP contribution in [0.15, 0.2) is 24.3 Å². The largest absolute Gasteiger partial charge is 0.318 e. The van der Waals surface area contributed by atoms with Gasteiger partial charge in [-0.15, -0.1) is 0 Å². The standard InChI is InChI=1S/C15H21FN2OS/c1-4-13-15(19)18(10(2)9-20-3)14(17-13)11-5-7-12(16)8-6-11/h5-8,10,13-14,17H,4,9H2,1-3H3. The van der Waals surface area contributed by atoms with Crippen molar-refractivity contribution in [2.45, 2.75) is 38.5 Å². The molecule has 2 rings (SSSR count). The molecule has 5 heteroatoms. The van der Waals surface area contributed by atoms with Crippen LogP contribution in [0.5, 0.6) is 0 Å². The topological polar surface area (TPSA) is 32.3 Å². The highest BCUT2D eigenvalue weighted by atomic mass is 32.2. The number of carbonyl (C=O) groups is 1. The highest BCUT2D eigenvalue weighted by molar-refractivity contribution is 7.98. The van der Waals surface area contributed by atoms with Crippen LogP contribution in [-0.4, -0.2) is 34.9 Å². The number of rotatable bonds is 5. The van der Waals surface area contributed by atoms with Crippen molar-refractivity contribution >= 4 is 17.7 Å². The zero-order chi connectivity index (χ0) is 14.7. The lowest BCUT2D eigenvalue weighted by atomic mass is 10.1. The van der Waals surface area contributed by atoms with Gasteiger partial charge in [0, 0.05) is 11.8 Å². The number of nitrogens with zero attached hydrogens (tertiary/aromatic N) is 1. The average Bonchev–Trinajstić information content (AvgIpc) is 2.77. The molecule has 0 saturated carbocycles. The highest BCUT2D eigenvalue weighted by Crippen LogP contribution is 2.29. The number of carbonyl (C=O) groups excluding carboxylic acids is 1. The van der Waals surface area contributed by atoms with Gasteiger partial charge in [-0.2, -0.15) is 11.8 Å². The summed E-state index contributed by atoms with van der Waals surface area (Å²) >= 11 is 1.73. The first-order valence-corrected chi connectivity index (χ1v) is 8.30. The molecule has 1 N–H and O–H groups in total. The first-order valence-electron chi connectivity index (χ1n) is 6.91. The Bertz CT molecular complexity index is 465. The van der Waals surface area contributed by atoms with E-state index in [9.17, 15) is 9.18 Å². The van der Waals surface area contributed by atoms with Crippen molar-refractivity contribution in [2.24, 2.45) is 0 Å². The lowest BCUT2D eigenvalue weighted by Gasteiger charge is -2.30. The molecular formula is C15H21FN2OS. The smallest absolute Gasteiger partial charge is 0.241 e. The summed E-state index contributed by atoms with van der Waals surface area (Å²) in [7, 11) is 0. The maximum Gasteiger partial charge on any atom is 0.241 e. The molecule has 1 fully saturated rings. The van der Waals surface area contributed by atoms with E-state index in [1.807, 2.05) is 18.1 Å². The van der Waals surface area contributed by atoms with Crippen molar-refractivity contribution in [1.82, 2.24) is 10.2 Å². The van der Waals surface area contributed by atoms with Crippen LogP contribution in [0, 0.1) is 5.82 Å². The lowest BCUT2D eigenvalue weighted by molar-refractivity contribution is -0.131. The van der Waals surface area contributed by atoms with Crippen LogP contribution in [0.2, 0.25) is 0 Å². The van der Waals surface area contributed by atoms with E-state index in [0.29, 0.717) is 0 Å². The quantitative estimate of drug-likeness (QED) is 0.907. The fraction of sp³-hybridized carbons (Fsp3) is 0.533. The third-order valence-corrected chi connectivity index (χ3v) is 4.48. The Morgan fingerprint density at radius 3 is 2.60 bits per heavy atom. The van der Waals surface area contributed by atoms with Gasteiger partial charge in [0.05, 0.1) is 6.04 Å². The van der Waals surface area contributed by atoms with Gasteiger partial charge >= 0.3 is 0 Å². The molecule has 1 aromatic carbocycles. The number of hydrogen-bond donors (Lipinski definition) is 1. The van der Waals surface area contributed by atoms with E-state index in [0.717, 1.165) is 17.7 Å². The van der Waals surface area contributed by atoms with Gasteiger partial charge in [0.2, 0.25) is 5.91 Å². The van der Waals surface area contributed by atoms with Crippen LogP contribution in [0.25, 0.3) is 0 Å². The van der Waals surface area contributed by atoms with Crippen LogP contribution in [0.3, 0.4) is 0 Å². The van der Waals surface area contributed by atoms with Gasteiger partial charge in [-0.3, -0.25) is 10.1 Å². The Morgan fingerprint density at radius 2 is 2.05 bits per heavy atom. The van der Waals surface area contributed by atoms with E-state index in [4.69, 9.17) is 0 Å². The third kappa shape index (κ3) is 2.99. The first-order chi connectivity index (χ1) is 9.58. The van der Waals surface area contributed by atoms with Crippen molar-refractivity contribution in [2.75, 3.05) is 12.0 Å². The van der Waals surface area contributed by atoms with Crippen molar-refractivity contribution in [3.8, 4) is 0 Å². The summed E-state index contributed by atoms with van der Waals surface area (Å²) in [5.41, 5.74) is 0.934. The van der Waals surface area contributed by atoms with Gasteiger partial charge in [-0.05, 0) is 37.3 Å². The summed E-state index contributed by atoms with van der Waals surface area (Å²) in [6.07, 6.45) is 2.64. The molecule has 0 aliphatic carbocycles. The molecule has 0 bridgehead atoms. The summed E-state index contributed by atoms with van der Waals surface area (Å²) in [5, 5.41) is 3.36. The molecule has 110 valence electrons. The second-order valence-corrected chi connectivity index (χ2v) is 6.04. The third-order valence-electron chi connectivity index (χ3n) is 3.67. The summed E-state index contributed by atoms with van der Waals surface area (Å²) in [6, 6.07) is 6.39. The average molecular weight is 296 g/mol. The van der Waals surface area contributed by atoms with E-state index in [1.54, 1.807) is 23.9 Å². The molecule has 3 nitrogen and oxygen atoms in total. The Hall–Kier alpha value is -1.07. The normalized spacial score (nSPS) is 24.2. The molecule has 3 unspecified atom stereocenters. The van der Waals surface area contributed by atoms with Gasteiger partial charge < -0.3 is 4.90 Å². The number of thioether (sulfide) groups is 1. The van der Waals surface area contributed by atoms with Gasteiger partial charge in [-0.1, -0.05) is 19.1 Å². The molecule has 20 heavy (non-hydrogen) atoms. The molecule has 1 aromatic rings. The SMILES string of the molecule is CCC1NC(c2ccc(F)cc2)N(C(C)CSC)C1=O. The lowest BCUT2D eigenvalue weighted by Crippen LogP contribution is -2.39. The number of hydrogen-bond acceptors (Lipinski definition) is 3. The molecule has 0 radical (unpaired) electrons. The van der Waals surface area contributed by atoms with Crippen molar-refractivity contribution in [3.63, 3.8) is 0 Å². The first kappa shape index (κ1) is 15.3. The Kier molecular flexibility index (Phi) is 5.05. The highest BCUT2D eigenvalue weighted by Gasteiger charge is 2.40. The molecule has 1 heterocycles. The monoisotopic (exact) mass is 296 g/mol. The second-order valence-electron chi connectivity index (χ2n) is 5.13. The van der Waals surface area contributed by atoms with Crippen LogP contribution in [0.4, 0.5) is 4.39 Å². The van der Waals surface area contributed by atoms with Crippen LogP contribution in [0.1, 0.15) is 32.0 Å². The zero-order valence-corrected chi connectivity index (χ0v) is 12.9. The minimum atomic E-state index is -0.256. The molecule has 1 amide bonds. The predicted octanol–water partition coefficient (Wildman–Crippen LogP) is 2.79. The van der Waals surface area contributed by atoms with Crippen LogP contribution < -0.4 is 5.32 Å². The van der Waals surface area contributed by atoms with E-state index in [-0.39, 0.29) is 30.0 Å². The second kappa shape index (κ2) is 6.59. The summed E-state index contributed by atoms with van der Waals surface area (Å²) in [6.45, 7) is 4.06. The van der Waals surface area contributed by atoms with Crippen LogP contribution in [-0.2, 0) is 4.79 Å². The number of nitrogens with one attached hydrogen (secondary N) is 1. The van der Waals surface area contributed by atoms with Crippen molar-refractivity contribution in [1.29, 1.82) is 0 Å². The molecule has 0 spiro atoms. The van der Waals surface area contributed by atoms with E-state index in [1.165, 1.54) is 12.1 Å². The van der Waals surface area contributed by atoms with Crippen molar-refractivity contribution in [3.05, 3.63) is 35.6 Å². The Labute approximate surface area is 123 Å². The molecule has 0 aromatic heterocycles. The molecule has 3 atom stereocenters. The molecular weight excluding hydrogens is 275 g/mol. The molecule has 1 aliphatic heterocycles. The Balaban J connectivity index is 2.28. The molecule has 1 aliphatic rings. The number of halogens is 1.